The summed E-state index contributed by atoms with van der Waals surface area (Å²) in [6.45, 7) is 6.62. The van der Waals surface area contributed by atoms with Crippen molar-refractivity contribution in [3.63, 3.8) is 0 Å². The molecule has 1 aromatic heterocycles. The Balaban J connectivity index is 2.33. The highest BCUT2D eigenvalue weighted by molar-refractivity contribution is 14.1. The van der Waals surface area contributed by atoms with Gasteiger partial charge in [-0.2, -0.15) is 0 Å². The summed E-state index contributed by atoms with van der Waals surface area (Å²) in [6.07, 6.45) is 6.01. The van der Waals surface area contributed by atoms with Crippen LogP contribution in [0, 0.1) is 8.99 Å². The van der Waals surface area contributed by atoms with E-state index in [0.717, 1.165) is 15.8 Å². The van der Waals surface area contributed by atoms with Gasteiger partial charge in [0.25, 0.3) is 0 Å². The molecule has 100 valence electrons. The molecule has 0 spiro atoms. The van der Waals surface area contributed by atoms with Gasteiger partial charge in [0, 0.05) is 12.3 Å². The van der Waals surface area contributed by atoms with Crippen molar-refractivity contribution in [2.45, 2.75) is 58.8 Å². The summed E-state index contributed by atoms with van der Waals surface area (Å²) in [5, 5.41) is 0.631. The maximum atomic E-state index is 6.27. The molecular weight excluding hydrogens is 359 g/mol. The SMILES string of the molecule is CC(C)(C)Cc1nc(Cl)c(I)c(C2CCCC2)n1. The van der Waals surface area contributed by atoms with Crippen LogP contribution < -0.4 is 0 Å². The lowest BCUT2D eigenvalue weighted by Gasteiger charge is -2.19. The molecule has 1 fully saturated rings. The van der Waals surface area contributed by atoms with E-state index < -0.39 is 0 Å². The Morgan fingerprint density at radius 1 is 1.22 bits per heavy atom. The normalized spacial score (nSPS) is 17.4. The molecule has 0 atom stereocenters. The highest BCUT2D eigenvalue weighted by atomic mass is 127. The standard InChI is InChI=1S/C14H20ClIN2/c1-14(2,3)8-10-17-12(9-6-4-5-7-9)11(16)13(15)18-10/h9H,4-8H2,1-3H3. The van der Waals surface area contributed by atoms with Crippen molar-refractivity contribution in [3.05, 3.63) is 20.2 Å². The number of hydrogen-bond acceptors (Lipinski definition) is 2. The Hall–Kier alpha value is 0.1000. The molecule has 0 aliphatic heterocycles. The van der Waals surface area contributed by atoms with Crippen LogP contribution in [0.1, 0.15) is 63.9 Å². The number of nitrogens with zero attached hydrogens (tertiary/aromatic N) is 2. The molecule has 0 aromatic carbocycles. The van der Waals surface area contributed by atoms with E-state index in [2.05, 4.69) is 48.3 Å². The molecule has 2 nitrogen and oxygen atoms in total. The molecule has 1 heterocycles. The summed E-state index contributed by atoms with van der Waals surface area (Å²) in [6, 6.07) is 0. The molecule has 1 aliphatic rings. The molecule has 0 amide bonds. The molecular formula is C14H20ClIN2. The van der Waals surface area contributed by atoms with Gasteiger partial charge in [-0.1, -0.05) is 45.2 Å². The molecule has 1 aliphatic carbocycles. The second-order valence-corrected chi connectivity index (χ2v) is 7.79. The van der Waals surface area contributed by atoms with Gasteiger partial charge in [0.1, 0.15) is 11.0 Å². The van der Waals surface area contributed by atoms with Crippen molar-refractivity contribution in [2.75, 3.05) is 0 Å². The van der Waals surface area contributed by atoms with Gasteiger partial charge in [0.15, 0.2) is 0 Å². The van der Waals surface area contributed by atoms with Gasteiger partial charge in [0.05, 0.1) is 9.26 Å². The zero-order chi connectivity index (χ0) is 13.3. The van der Waals surface area contributed by atoms with Gasteiger partial charge in [-0.15, -0.1) is 0 Å². The smallest absolute Gasteiger partial charge is 0.146 e. The van der Waals surface area contributed by atoms with Gasteiger partial charge < -0.3 is 0 Å². The molecule has 1 saturated carbocycles. The van der Waals surface area contributed by atoms with E-state index >= 15 is 0 Å². The monoisotopic (exact) mass is 378 g/mol. The van der Waals surface area contributed by atoms with Crippen LogP contribution in [0.25, 0.3) is 0 Å². The van der Waals surface area contributed by atoms with Gasteiger partial charge in [-0.3, -0.25) is 0 Å². The van der Waals surface area contributed by atoms with Crippen molar-refractivity contribution >= 4 is 34.2 Å². The minimum Gasteiger partial charge on any atom is -0.236 e. The fourth-order valence-electron chi connectivity index (χ4n) is 2.50. The summed E-state index contributed by atoms with van der Waals surface area (Å²) in [5.41, 5.74) is 1.38. The summed E-state index contributed by atoms with van der Waals surface area (Å²) in [5.74, 6) is 1.49. The topological polar surface area (TPSA) is 25.8 Å². The first kappa shape index (κ1) is 14.5. The van der Waals surface area contributed by atoms with E-state index in [-0.39, 0.29) is 5.41 Å². The Bertz CT molecular complexity index is 434. The Morgan fingerprint density at radius 2 is 1.83 bits per heavy atom. The average Bonchev–Trinajstić information content (AvgIpc) is 2.74. The van der Waals surface area contributed by atoms with Crippen molar-refractivity contribution in [3.8, 4) is 0 Å². The highest BCUT2D eigenvalue weighted by Crippen LogP contribution is 2.37. The van der Waals surface area contributed by atoms with Crippen LogP contribution in [0.3, 0.4) is 0 Å². The number of rotatable bonds is 2. The second-order valence-electron chi connectivity index (χ2n) is 6.35. The number of halogens is 2. The molecule has 2 rings (SSSR count). The maximum Gasteiger partial charge on any atom is 0.146 e. The van der Waals surface area contributed by atoms with Crippen molar-refractivity contribution in [1.82, 2.24) is 9.97 Å². The first-order valence-electron chi connectivity index (χ1n) is 6.58. The van der Waals surface area contributed by atoms with Crippen LogP contribution in [0.5, 0.6) is 0 Å². The van der Waals surface area contributed by atoms with E-state index in [1.54, 1.807) is 0 Å². The van der Waals surface area contributed by atoms with Crippen molar-refractivity contribution < 1.29 is 0 Å². The zero-order valence-electron chi connectivity index (χ0n) is 11.3. The third-order valence-electron chi connectivity index (χ3n) is 3.31. The van der Waals surface area contributed by atoms with Crippen LogP contribution in [0.4, 0.5) is 0 Å². The molecule has 0 saturated heterocycles. The van der Waals surface area contributed by atoms with Crippen LogP contribution in [0.15, 0.2) is 0 Å². The number of hydrogen-bond donors (Lipinski definition) is 0. The predicted molar refractivity (Wildman–Crippen MR) is 84.1 cm³/mol. The fraction of sp³-hybridized carbons (Fsp3) is 0.714. The minimum atomic E-state index is 0.197. The Morgan fingerprint density at radius 3 is 2.39 bits per heavy atom. The second kappa shape index (κ2) is 5.61. The summed E-state index contributed by atoms with van der Waals surface area (Å²) in [7, 11) is 0. The maximum absolute atomic E-state index is 6.27. The predicted octanol–water partition coefficient (Wildman–Crippen LogP) is 4.98. The first-order chi connectivity index (χ1) is 8.37. The van der Waals surface area contributed by atoms with Crippen LogP contribution in [-0.2, 0) is 6.42 Å². The third-order valence-corrected chi connectivity index (χ3v) is 4.97. The molecule has 0 N–H and O–H groups in total. The average molecular weight is 379 g/mol. The third kappa shape index (κ3) is 3.56. The molecule has 0 unspecified atom stereocenters. The van der Waals surface area contributed by atoms with E-state index in [9.17, 15) is 0 Å². The first-order valence-corrected chi connectivity index (χ1v) is 8.04. The molecule has 0 bridgehead atoms. The van der Waals surface area contributed by atoms with Crippen LogP contribution in [0.2, 0.25) is 5.15 Å². The minimum absolute atomic E-state index is 0.197. The Labute approximate surface area is 128 Å². The molecule has 0 radical (unpaired) electrons. The molecule has 4 heteroatoms. The zero-order valence-corrected chi connectivity index (χ0v) is 14.2. The van der Waals surface area contributed by atoms with E-state index in [1.807, 2.05) is 0 Å². The molecule has 18 heavy (non-hydrogen) atoms. The van der Waals surface area contributed by atoms with Gasteiger partial charge >= 0.3 is 0 Å². The summed E-state index contributed by atoms with van der Waals surface area (Å²) >= 11 is 8.56. The summed E-state index contributed by atoms with van der Waals surface area (Å²) in [4.78, 5) is 9.23. The van der Waals surface area contributed by atoms with Crippen LogP contribution >= 0.6 is 34.2 Å². The van der Waals surface area contributed by atoms with E-state index in [0.29, 0.717) is 11.1 Å². The van der Waals surface area contributed by atoms with Crippen LogP contribution in [-0.4, -0.2) is 9.97 Å². The van der Waals surface area contributed by atoms with Gasteiger partial charge in [0.2, 0.25) is 0 Å². The molecule has 1 aromatic rings. The van der Waals surface area contributed by atoms with Crippen molar-refractivity contribution in [1.29, 1.82) is 0 Å². The van der Waals surface area contributed by atoms with E-state index in [4.69, 9.17) is 16.6 Å². The quantitative estimate of drug-likeness (QED) is 0.536. The lowest BCUT2D eigenvalue weighted by atomic mass is 9.92. The van der Waals surface area contributed by atoms with Crippen molar-refractivity contribution in [2.24, 2.45) is 5.41 Å². The van der Waals surface area contributed by atoms with Gasteiger partial charge in [-0.25, -0.2) is 9.97 Å². The number of aromatic nitrogens is 2. The summed E-state index contributed by atoms with van der Waals surface area (Å²) < 4.78 is 1.05. The lowest BCUT2D eigenvalue weighted by molar-refractivity contribution is 0.399. The fourth-order valence-corrected chi connectivity index (χ4v) is 3.38. The van der Waals surface area contributed by atoms with Gasteiger partial charge in [-0.05, 0) is 40.8 Å². The lowest BCUT2D eigenvalue weighted by Crippen LogP contribution is -2.14. The van der Waals surface area contributed by atoms with E-state index in [1.165, 1.54) is 31.4 Å². The largest absolute Gasteiger partial charge is 0.236 e. The highest BCUT2D eigenvalue weighted by Gasteiger charge is 2.24. The Kier molecular flexibility index (Phi) is 4.52.